The molecule has 0 unspecified atom stereocenters. The highest BCUT2D eigenvalue weighted by Crippen LogP contribution is 2.13. The van der Waals surface area contributed by atoms with Gasteiger partial charge in [-0.05, 0) is 6.42 Å². The number of hydrogen-bond donors (Lipinski definition) is 3. The first-order chi connectivity index (χ1) is 8.32. The number of carboxylic acid groups (broad SMARTS) is 2. The van der Waals surface area contributed by atoms with Crippen molar-refractivity contribution >= 4 is 29.8 Å². The number of carboxylic acids is 2. The average Bonchev–Trinajstić information content (AvgIpc) is 2.20. The fraction of sp³-hybridized carbons (Fsp3) is 0.444. The lowest BCUT2D eigenvalue weighted by Crippen LogP contribution is -2.58. The van der Waals surface area contributed by atoms with Crippen molar-refractivity contribution in [3.8, 4) is 0 Å². The van der Waals surface area contributed by atoms with Gasteiger partial charge in [0.15, 0.2) is 0 Å². The van der Waals surface area contributed by atoms with Gasteiger partial charge in [-0.3, -0.25) is 19.7 Å². The number of hydrogen-bond acceptors (Lipinski definition) is 5. The van der Waals surface area contributed by atoms with E-state index in [1.54, 1.807) is 5.32 Å². The predicted octanol–water partition coefficient (Wildman–Crippen LogP) is -1.23. The molecule has 1 saturated heterocycles. The van der Waals surface area contributed by atoms with Gasteiger partial charge >= 0.3 is 18.0 Å². The minimum atomic E-state index is -1.60. The first-order valence-electron chi connectivity index (χ1n) is 4.93. The topological polar surface area (TPSA) is 141 Å². The van der Waals surface area contributed by atoms with Crippen molar-refractivity contribution in [1.82, 2.24) is 10.2 Å². The highest BCUT2D eigenvalue weighted by atomic mass is 16.4. The number of nitrogens with one attached hydrogen (secondary N) is 1. The largest absolute Gasteiger partial charge is 0.481 e. The quantitative estimate of drug-likeness (QED) is 0.524. The Hall–Kier alpha value is -2.45. The van der Waals surface area contributed by atoms with Crippen LogP contribution >= 0.6 is 0 Å². The zero-order valence-electron chi connectivity index (χ0n) is 9.08. The molecule has 0 spiro atoms. The lowest BCUT2D eigenvalue weighted by atomic mass is 10.1. The summed E-state index contributed by atoms with van der Waals surface area (Å²) >= 11 is 0. The molecular weight excluding hydrogens is 248 g/mol. The van der Waals surface area contributed by atoms with Crippen LogP contribution in [0.5, 0.6) is 0 Å². The van der Waals surface area contributed by atoms with Gasteiger partial charge in [-0.15, -0.1) is 0 Å². The van der Waals surface area contributed by atoms with Gasteiger partial charge in [-0.1, -0.05) is 0 Å². The second-order valence-corrected chi connectivity index (χ2v) is 3.58. The van der Waals surface area contributed by atoms with Crippen LogP contribution in [0.1, 0.15) is 19.3 Å². The Balaban J connectivity index is 2.87. The number of aliphatic carboxylic acids is 2. The van der Waals surface area contributed by atoms with Crippen LogP contribution < -0.4 is 5.32 Å². The maximum absolute atomic E-state index is 11.4. The Morgan fingerprint density at radius 2 is 1.89 bits per heavy atom. The zero-order valence-corrected chi connectivity index (χ0v) is 9.08. The third kappa shape index (κ3) is 3.03. The summed E-state index contributed by atoms with van der Waals surface area (Å²) in [6, 6.07) is -2.74. The van der Waals surface area contributed by atoms with Crippen LogP contribution in [0.3, 0.4) is 0 Å². The molecule has 1 aliphatic heterocycles. The first-order valence-corrected chi connectivity index (χ1v) is 4.93. The fourth-order valence-electron chi connectivity index (χ4n) is 1.50. The summed E-state index contributed by atoms with van der Waals surface area (Å²) in [5, 5.41) is 19.2. The number of carbonyl (C=O) groups is 5. The smallest absolute Gasteiger partial charge is 0.331 e. The summed E-state index contributed by atoms with van der Waals surface area (Å²) < 4.78 is 0. The summed E-state index contributed by atoms with van der Waals surface area (Å²) in [7, 11) is 0. The van der Waals surface area contributed by atoms with Crippen molar-refractivity contribution in [3.63, 3.8) is 0 Å². The van der Waals surface area contributed by atoms with Gasteiger partial charge in [0.1, 0.15) is 12.5 Å². The Bertz CT molecular complexity index is 411. The molecular formula is C9H10N2O7. The van der Waals surface area contributed by atoms with Crippen LogP contribution in [0.25, 0.3) is 0 Å². The molecule has 1 aliphatic rings. The molecule has 0 saturated carbocycles. The molecule has 18 heavy (non-hydrogen) atoms. The molecule has 0 aromatic carbocycles. The van der Waals surface area contributed by atoms with Gasteiger partial charge in [0.2, 0.25) is 11.8 Å². The molecule has 3 N–H and O–H groups in total. The van der Waals surface area contributed by atoms with Gasteiger partial charge in [0.05, 0.1) is 0 Å². The number of rotatable bonds is 5. The minimum absolute atomic E-state index is 0.368. The molecule has 0 radical (unpaired) electrons. The molecule has 98 valence electrons. The van der Waals surface area contributed by atoms with E-state index in [0.29, 0.717) is 4.90 Å². The summed E-state index contributed by atoms with van der Waals surface area (Å²) in [5.74, 6) is -4.53. The van der Waals surface area contributed by atoms with E-state index in [1.165, 1.54) is 0 Å². The van der Waals surface area contributed by atoms with E-state index in [0.717, 1.165) is 0 Å². The Labute approximate surface area is 100 Å². The van der Waals surface area contributed by atoms with Gasteiger partial charge in [-0.25, -0.2) is 14.5 Å². The number of barbiturate groups is 1. The molecule has 1 atom stereocenters. The molecule has 0 bridgehead atoms. The highest BCUT2D eigenvalue weighted by Gasteiger charge is 2.39. The summed E-state index contributed by atoms with van der Waals surface area (Å²) in [4.78, 5) is 55.3. The van der Waals surface area contributed by atoms with Crippen molar-refractivity contribution in [3.05, 3.63) is 0 Å². The first kappa shape index (κ1) is 13.6. The van der Waals surface area contributed by atoms with Crippen molar-refractivity contribution in [2.45, 2.75) is 25.3 Å². The highest BCUT2D eigenvalue weighted by molar-refractivity contribution is 6.15. The second-order valence-electron chi connectivity index (χ2n) is 3.58. The normalized spacial score (nSPS) is 17.3. The molecule has 9 heteroatoms. The van der Waals surface area contributed by atoms with Crippen molar-refractivity contribution < 1.29 is 34.2 Å². The zero-order chi connectivity index (χ0) is 13.9. The minimum Gasteiger partial charge on any atom is -0.481 e. The van der Waals surface area contributed by atoms with E-state index in [4.69, 9.17) is 10.2 Å². The molecule has 9 nitrogen and oxygen atoms in total. The molecule has 1 heterocycles. The number of imide groups is 2. The number of urea groups is 1. The fourth-order valence-corrected chi connectivity index (χ4v) is 1.50. The number of amides is 4. The molecule has 1 rings (SSSR count). The van der Waals surface area contributed by atoms with Crippen molar-refractivity contribution in [1.29, 1.82) is 0 Å². The lowest BCUT2D eigenvalue weighted by Gasteiger charge is -2.29. The maximum atomic E-state index is 11.4. The predicted molar refractivity (Wildman–Crippen MR) is 53.3 cm³/mol. The third-order valence-electron chi connectivity index (χ3n) is 2.27. The van der Waals surface area contributed by atoms with E-state index in [9.17, 15) is 24.0 Å². The van der Waals surface area contributed by atoms with Crippen LogP contribution in [0.2, 0.25) is 0 Å². The van der Waals surface area contributed by atoms with Crippen molar-refractivity contribution in [2.75, 3.05) is 0 Å². The van der Waals surface area contributed by atoms with Crippen LogP contribution in [-0.2, 0) is 19.2 Å². The Morgan fingerprint density at radius 3 is 2.33 bits per heavy atom. The number of nitrogens with zero attached hydrogens (tertiary/aromatic N) is 1. The molecule has 0 aromatic rings. The van der Waals surface area contributed by atoms with E-state index >= 15 is 0 Å². The SMILES string of the molecule is O=C(O)CC[C@@H](C(=O)O)N1C(=O)CC(=O)NC1=O. The van der Waals surface area contributed by atoms with Crippen LogP contribution in [0.4, 0.5) is 4.79 Å². The molecule has 1 fully saturated rings. The van der Waals surface area contributed by atoms with E-state index in [1.807, 2.05) is 0 Å². The van der Waals surface area contributed by atoms with Gasteiger partial charge in [0.25, 0.3) is 0 Å². The van der Waals surface area contributed by atoms with Crippen LogP contribution in [-0.4, -0.2) is 50.9 Å². The summed E-state index contributed by atoms with van der Waals surface area (Å²) in [6.45, 7) is 0. The maximum Gasteiger partial charge on any atom is 0.331 e. The van der Waals surface area contributed by atoms with Gasteiger partial charge < -0.3 is 10.2 Å². The lowest BCUT2D eigenvalue weighted by molar-refractivity contribution is -0.151. The van der Waals surface area contributed by atoms with Crippen LogP contribution in [0, 0.1) is 0 Å². The molecule has 0 aliphatic carbocycles. The van der Waals surface area contributed by atoms with E-state index in [2.05, 4.69) is 0 Å². The summed E-state index contributed by atoms with van der Waals surface area (Å²) in [6.07, 6.45) is -1.57. The Morgan fingerprint density at radius 1 is 1.28 bits per heavy atom. The molecule has 4 amide bonds. The van der Waals surface area contributed by atoms with Gasteiger partial charge in [-0.2, -0.15) is 0 Å². The summed E-state index contributed by atoms with van der Waals surface area (Å²) in [5.41, 5.74) is 0. The van der Waals surface area contributed by atoms with Gasteiger partial charge in [0, 0.05) is 6.42 Å². The molecule has 0 aromatic heterocycles. The second kappa shape index (κ2) is 5.25. The average molecular weight is 258 g/mol. The third-order valence-corrected chi connectivity index (χ3v) is 2.27. The van der Waals surface area contributed by atoms with Crippen LogP contribution in [0.15, 0.2) is 0 Å². The number of carbonyl (C=O) groups excluding carboxylic acids is 3. The van der Waals surface area contributed by atoms with E-state index < -0.39 is 55.1 Å². The monoisotopic (exact) mass is 258 g/mol. The van der Waals surface area contributed by atoms with Crippen molar-refractivity contribution in [2.24, 2.45) is 0 Å². The Kier molecular flexibility index (Phi) is 3.97. The van der Waals surface area contributed by atoms with E-state index in [-0.39, 0.29) is 0 Å². The standard InChI is InChI=1S/C9H10N2O7/c12-5-3-6(13)11(9(18)10-5)4(8(16)17)1-2-7(14)15/h4H,1-3H2,(H,14,15)(H,16,17)(H,10,12,18)/t4-/m0/s1.